The molecule has 1 saturated heterocycles. The van der Waals surface area contributed by atoms with Gasteiger partial charge in [-0.15, -0.1) is 16.2 Å². The van der Waals surface area contributed by atoms with Crippen LogP contribution in [0.5, 0.6) is 0 Å². The Bertz CT molecular complexity index is 958. The van der Waals surface area contributed by atoms with Gasteiger partial charge < -0.3 is 10.2 Å². The maximum atomic E-state index is 12.5. The van der Waals surface area contributed by atoms with E-state index in [1.807, 2.05) is 49.2 Å². The summed E-state index contributed by atoms with van der Waals surface area (Å²) in [6, 6.07) is 15.8. The number of hydrogen-bond acceptors (Lipinski definition) is 4. The molecule has 1 aliphatic heterocycles. The van der Waals surface area contributed by atoms with Gasteiger partial charge in [0.15, 0.2) is 0 Å². The molecule has 1 fully saturated rings. The summed E-state index contributed by atoms with van der Waals surface area (Å²) in [5, 5.41) is 2.54. The van der Waals surface area contributed by atoms with Gasteiger partial charge in [-0.2, -0.15) is 8.42 Å². The van der Waals surface area contributed by atoms with Crippen LogP contribution in [0.3, 0.4) is 0 Å². The number of rotatable bonds is 6. The van der Waals surface area contributed by atoms with Crippen LogP contribution in [0.4, 0.5) is 5.69 Å². The highest BCUT2D eigenvalue weighted by molar-refractivity contribution is 8.00. The summed E-state index contributed by atoms with van der Waals surface area (Å²) >= 11 is 1.47. The SMILES string of the molecule is CC(Sc1ccccc1)C(=O)Nc1ccc(S(=O)(=O)/N=C2\CCCN2C)cc1. The fourth-order valence-corrected chi connectivity index (χ4v) is 4.79. The van der Waals surface area contributed by atoms with Gasteiger partial charge in [0.05, 0.1) is 10.1 Å². The average molecular weight is 418 g/mol. The van der Waals surface area contributed by atoms with Gasteiger partial charge in [0.1, 0.15) is 5.84 Å². The molecule has 6 nitrogen and oxygen atoms in total. The Hall–Kier alpha value is -2.32. The lowest BCUT2D eigenvalue weighted by Crippen LogP contribution is -2.22. The molecule has 3 rings (SSSR count). The Kier molecular flexibility index (Phi) is 6.41. The molecule has 8 heteroatoms. The van der Waals surface area contributed by atoms with E-state index in [1.54, 1.807) is 12.1 Å². The van der Waals surface area contributed by atoms with Crippen molar-refractivity contribution < 1.29 is 13.2 Å². The van der Waals surface area contributed by atoms with Crippen molar-refractivity contribution in [3.05, 3.63) is 54.6 Å². The van der Waals surface area contributed by atoms with Crippen molar-refractivity contribution in [1.29, 1.82) is 0 Å². The summed E-state index contributed by atoms with van der Waals surface area (Å²) in [6.07, 6.45) is 1.58. The first-order chi connectivity index (χ1) is 13.3. The predicted molar refractivity (Wildman–Crippen MR) is 113 cm³/mol. The van der Waals surface area contributed by atoms with E-state index in [2.05, 4.69) is 9.71 Å². The second-order valence-corrected chi connectivity index (χ2v) is 9.61. The normalized spacial score (nSPS) is 16.9. The smallest absolute Gasteiger partial charge is 0.283 e. The molecule has 0 aromatic heterocycles. The quantitative estimate of drug-likeness (QED) is 0.726. The van der Waals surface area contributed by atoms with Crippen LogP contribution in [0.2, 0.25) is 0 Å². The van der Waals surface area contributed by atoms with E-state index in [0.717, 1.165) is 17.9 Å². The van der Waals surface area contributed by atoms with Gasteiger partial charge in [0.25, 0.3) is 10.0 Å². The molecular weight excluding hydrogens is 394 g/mol. The number of hydrogen-bond donors (Lipinski definition) is 1. The first-order valence-corrected chi connectivity index (χ1v) is 11.3. The number of carbonyl (C=O) groups is 1. The Morgan fingerprint density at radius 3 is 2.43 bits per heavy atom. The molecule has 0 aliphatic carbocycles. The van der Waals surface area contributed by atoms with Crippen molar-refractivity contribution >= 4 is 39.2 Å². The minimum Gasteiger partial charge on any atom is -0.362 e. The molecular formula is C20H23N3O3S2. The highest BCUT2D eigenvalue weighted by Crippen LogP contribution is 2.24. The number of thioether (sulfide) groups is 1. The number of amides is 1. The fraction of sp³-hybridized carbons (Fsp3) is 0.300. The van der Waals surface area contributed by atoms with E-state index in [-0.39, 0.29) is 16.1 Å². The second kappa shape index (κ2) is 8.79. The monoisotopic (exact) mass is 417 g/mol. The highest BCUT2D eigenvalue weighted by Gasteiger charge is 2.20. The van der Waals surface area contributed by atoms with E-state index < -0.39 is 10.0 Å². The zero-order valence-corrected chi connectivity index (χ0v) is 17.5. The van der Waals surface area contributed by atoms with Gasteiger partial charge in [-0.3, -0.25) is 4.79 Å². The van der Waals surface area contributed by atoms with Crippen molar-refractivity contribution in [2.75, 3.05) is 18.9 Å². The Morgan fingerprint density at radius 1 is 1.14 bits per heavy atom. The van der Waals surface area contributed by atoms with E-state index >= 15 is 0 Å². The molecule has 0 saturated carbocycles. The van der Waals surface area contributed by atoms with Crippen molar-refractivity contribution in [3.63, 3.8) is 0 Å². The van der Waals surface area contributed by atoms with Crippen LogP contribution in [-0.2, 0) is 14.8 Å². The number of benzene rings is 2. The molecule has 0 radical (unpaired) electrons. The third kappa shape index (κ3) is 5.14. The molecule has 1 aliphatic rings. The van der Waals surface area contributed by atoms with E-state index in [1.165, 1.54) is 23.9 Å². The van der Waals surface area contributed by atoms with Crippen LogP contribution in [0.25, 0.3) is 0 Å². The molecule has 0 spiro atoms. The van der Waals surface area contributed by atoms with Crippen molar-refractivity contribution in [1.82, 2.24) is 4.90 Å². The number of sulfonamides is 1. The zero-order chi connectivity index (χ0) is 20.1. The minimum atomic E-state index is -3.75. The largest absolute Gasteiger partial charge is 0.362 e. The van der Waals surface area contributed by atoms with Gasteiger partial charge in [0, 0.05) is 30.6 Å². The first-order valence-electron chi connectivity index (χ1n) is 9.03. The zero-order valence-electron chi connectivity index (χ0n) is 15.8. The lowest BCUT2D eigenvalue weighted by molar-refractivity contribution is -0.115. The molecule has 2 aromatic carbocycles. The molecule has 2 aromatic rings. The fourth-order valence-electron chi connectivity index (χ4n) is 2.81. The number of carbonyl (C=O) groups excluding carboxylic acids is 1. The van der Waals surface area contributed by atoms with E-state index in [9.17, 15) is 13.2 Å². The molecule has 0 bridgehead atoms. The molecule has 1 unspecified atom stereocenters. The number of anilines is 1. The third-order valence-electron chi connectivity index (χ3n) is 4.41. The van der Waals surface area contributed by atoms with Crippen molar-refractivity contribution in [3.8, 4) is 0 Å². The van der Waals surface area contributed by atoms with Gasteiger partial charge in [-0.05, 0) is 49.7 Å². The Balaban J connectivity index is 1.64. The Labute approximate surface area is 170 Å². The van der Waals surface area contributed by atoms with Crippen LogP contribution in [0, 0.1) is 0 Å². The minimum absolute atomic E-state index is 0.116. The van der Waals surface area contributed by atoms with Crippen LogP contribution in [0.1, 0.15) is 19.8 Å². The first kappa shape index (κ1) is 20.4. The van der Waals surface area contributed by atoms with Crippen molar-refractivity contribution in [2.45, 2.75) is 34.8 Å². The average Bonchev–Trinajstić information content (AvgIpc) is 3.07. The number of likely N-dealkylation sites (tertiary alicyclic amines) is 1. The second-order valence-electron chi connectivity index (χ2n) is 6.59. The third-order valence-corrected chi connectivity index (χ3v) is 6.84. The molecule has 1 atom stereocenters. The van der Waals surface area contributed by atoms with E-state index in [0.29, 0.717) is 17.9 Å². The standard InChI is InChI=1S/C20H23N3O3S2/c1-15(27-17-7-4-3-5-8-17)20(24)21-16-10-12-18(13-11-16)28(25,26)22-19-9-6-14-23(19)2/h3-5,7-8,10-13,15H,6,9,14H2,1-2H3,(H,21,24)/b22-19+. The predicted octanol–water partition coefficient (Wildman–Crippen LogP) is 3.62. The summed E-state index contributed by atoms with van der Waals surface area (Å²) in [5.41, 5.74) is 0.551. The lowest BCUT2D eigenvalue weighted by Gasteiger charge is -2.13. The van der Waals surface area contributed by atoms with Crippen LogP contribution < -0.4 is 5.32 Å². The Morgan fingerprint density at radius 2 is 1.82 bits per heavy atom. The summed E-state index contributed by atoms with van der Waals surface area (Å²) in [4.78, 5) is 15.4. The van der Waals surface area contributed by atoms with Gasteiger partial charge in [0.2, 0.25) is 5.91 Å². The van der Waals surface area contributed by atoms with Crippen molar-refractivity contribution in [2.24, 2.45) is 4.40 Å². The lowest BCUT2D eigenvalue weighted by atomic mass is 10.3. The maximum absolute atomic E-state index is 12.5. The summed E-state index contributed by atoms with van der Waals surface area (Å²) in [5.74, 6) is 0.446. The summed E-state index contributed by atoms with van der Waals surface area (Å²) < 4.78 is 28.9. The number of amidine groups is 1. The molecule has 1 heterocycles. The topological polar surface area (TPSA) is 78.8 Å². The van der Waals surface area contributed by atoms with Crippen LogP contribution in [-0.4, -0.2) is 43.9 Å². The van der Waals surface area contributed by atoms with E-state index in [4.69, 9.17) is 0 Å². The van der Waals surface area contributed by atoms with Gasteiger partial charge in [-0.25, -0.2) is 0 Å². The molecule has 1 amide bonds. The number of nitrogens with zero attached hydrogens (tertiary/aromatic N) is 2. The van der Waals surface area contributed by atoms with Crippen LogP contribution >= 0.6 is 11.8 Å². The molecule has 28 heavy (non-hydrogen) atoms. The molecule has 148 valence electrons. The number of nitrogens with one attached hydrogen (secondary N) is 1. The van der Waals surface area contributed by atoms with Gasteiger partial charge in [-0.1, -0.05) is 18.2 Å². The van der Waals surface area contributed by atoms with Crippen LogP contribution in [0.15, 0.2) is 68.8 Å². The maximum Gasteiger partial charge on any atom is 0.283 e. The van der Waals surface area contributed by atoms with Gasteiger partial charge >= 0.3 is 0 Å². The summed E-state index contributed by atoms with van der Waals surface area (Å²) in [6.45, 7) is 2.65. The highest BCUT2D eigenvalue weighted by atomic mass is 32.2. The molecule has 1 N–H and O–H groups in total. The summed E-state index contributed by atoms with van der Waals surface area (Å²) in [7, 11) is -1.91.